The van der Waals surface area contributed by atoms with Crippen LogP contribution in [-0.2, 0) is 65.4 Å². The van der Waals surface area contributed by atoms with Gasteiger partial charge >= 0.3 is 39.5 Å². The molecular weight excluding hydrogens is 1350 g/mol. The molecule has 0 saturated heterocycles. The summed E-state index contributed by atoms with van der Waals surface area (Å²) in [6.07, 6.45) is 68.2. The summed E-state index contributed by atoms with van der Waals surface area (Å²) < 4.78 is 68.8. The van der Waals surface area contributed by atoms with Crippen molar-refractivity contribution >= 4 is 39.5 Å². The molecule has 0 amide bonds. The van der Waals surface area contributed by atoms with E-state index in [2.05, 4.69) is 41.5 Å². The molecule has 19 heteroatoms. The van der Waals surface area contributed by atoms with Crippen LogP contribution in [0.3, 0.4) is 0 Å². The van der Waals surface area contributed by atoms with Gasteiger partial charge in [-0.15, -0.1) is 0 Å². The third-order valence-corrected chi connectivity index (χ3v) is 21.9. The van der Waals surface area contributed by atoms with Gasteiger partial charge in [0.1, 0.15) is 19.3 Å². The number of hydrogen-bond donors (Lipinski definition) is 3. The molecule has 0 spiro atoms. The summed E-state index contributed by atoms with van der Waals surface area (Å²) >= 11 is 0. The number of carbonyl (C=O) groups excluding carboxylic acids is 4. The smallest absolute Gasteiger partial charge is 0.462 e. The number of ether oxygens (including phenoxy) is 4. The van der Waals surface area contributed by atoms with Gasteiger partial charge in [0.15, 0.2) is 12.2 Å². The first-order valence-electron chi connectivity index (χ1n) is 44.0. The Hall–Kier alpha value is -1.94. The molecule has 618 valence electrons. The maximum absolute atomic E-state index is 13.1. The Kier molecular flexibility index (Phi) is 75.0. The Labute approximate surface area is 638 Å². The highest BCUT2D eigenvalue weighted by Gasteiger charge is 2.30. The third kappa shape index (κ3) is 78.2. The van der Waals surface area contributed by atoms with E-state index in [0.29, 0.717) is 25.7 Å². The van der Waals surface area contributed by atoms with Gasteiger partial charge in [-0.25, -0.2) is 9.13 Å². The van der Waals surface area contributed by atoms with Gasteiger partial charge in [-0.3, -0.25) is 37.3 Å². The fourth-order valence-electron chi connectivity index (χ4n) is 13.2. The van der Waals surface area contributed by atoms with Crippen LogP contribution in [0.2, 0.25) is 0 Å². The molecule has 5 atom stereocenters. The van der Waals surface area contributed by atoms with Crippen molar-refractivity contribution in [2.24, 2.45) is 11.8 Å². The van der Waals surface area contributed by atoms with Crippen LogP contribution >= 0.6 is 15.6 Å². The van der Waals surface area contributed by atoms with Gasteiger partial charge in [-0.1, -0.05) is 401 Å². The van der Waals surface area contributed by atoms with Crippen LogP contribution in [0.1, 0.15) is 452 Å². The molecular formula is C85H166O17P2. The zero-order chi connectivity index (χ0) is 76.4. The normalized spacial score (nSPS) is 13.8. The maximum atomic E-state index is 13.1. The molecule has 0 aliphatic heterocycles. The standard InChI is InChI=1S/C85H166O17P2/c1-7-9-11-13-15-17-19-20-21-22-23-24-25-26-27-32-35-38-45-51-57-63-69-84(89)101-81(74-96-83(88)68-62-56-50-44-37-34-31-29-28-30-33-36-41-47-53-59-65-77(3)4)76-100-104(93,94)98-72-79(86)71-97-103(91,92)99-75-80(73-95-82(87)67-61-55-49-43-18-16-14-12-10-8-2)102-85(90)70-64-58-52-46-40-39-42-48-54-60-66-78(5)6/h77-81,86H,7-76H2,1-6H3,(H,91,92)(H,93,94)/t79-,80+,81+/m0/s1. The highest BCUT2D eigenvalue weighted by molar-refractivity contribution is 7.47. The van der Waals surface area contributed by atoms with Crippen LogP contribution in [0.4, 0.5) is 0 Å². The van der Waals surface area contributed by atoms with Crippen molar-refractivity contribution in [1.29, 1.82) is 0 Å². The van der Waals surface area contributed by atoms with E-state index < -0.39 is 97.5 Å². The minimum absolute atomic E-state index is 0.106. The van der Waals surface area contributed by atoms with Crippen molar-refractivity contribution in [1.82, 2.24) is 0 Å². The lowest BCUT2D eigenvalue weighted by Gasteiger charge is -2.21. The number of phosphoric acid groups is 2. The second kappa shape index (κ2) is 76.4. The lowest BCUT2D eigenvalue weighted by atomic mass is 10.0. The molecule has 0 aromatic heterocycles. The largest absolute Gasteiger partial charge is 0.472 e. The van der Waals surface area contributed by atoms with Crippen molar-refractivity contribution in [3.05, 3.63) is 0 Å². The van der Waals surface area contributed by atoms with Crippen molar-refractivity contribution in [2.45, 2.75) is 471 Å². The minimum atomic E-state index is -4.96. The van der Waals surface area contributed by atoms with Crippen LogP contribution in [0.15, 0.2) is 0 Å². The van der Waals surface area contributed by atoms with Crippen molar-refractivity contribution in [3.63, 3.8) is 0 Å². The Morgan fingerprint density at radius 3 is 0.654 bits per heavy atom. The van der Waals surface area contributed by atoms with Gasteiger partial charge in [-0.05, 0) is 37.5 Å². The monoisotopic (exact) mass is 1520 g/mol. The van der Waals surface area contributed by atoms with Gasteiger partial charge in [0.2, 0.25) is 0 Å². The van der Waals surface area contributed by atoms with Crippen LogP contribution in [-0.4, -0.2) is 96.7 Å². The Morgan fingerprint density at radius 1 is 0.260 bits per heavy atom. The average molecular weight is 1520 g/mol. The number of rotatable bonds is 84. The number of hydrogen-bond acceptors (Lipinski definition) is 15. The van der Waals surface area contributed by atoms with E-state index in [0.717, 1.165) is 102 Å². The van der Waals surface area contributed by atoms with Gasteiger partial charge in [0, 0.05) is 25.7 Å². The molecule has 0 aromatic carbocycles. The Bertz CT molecular complexity index is 1990. The van der Waals surface area contributed by atoms with Crippen molar-refractivity contribution < 1.29 is 80.2 Å². The van der Waals surface area contributed by atoms with Crippen LogP contribution in [0.5, 0.6) is 0 Å². The molecule has 17 nitrogen and oxygen atoms in total. The van der Waals surface area contributed by atoms with Gasteiger partial charge < -0.3 is 33.8 Å². The topological polar surface area (TPSA) is 237 Å². The number of carbonyl (C=O) groups is 4. The first-order valence-corrected chi connectivity index (χ1v) is 47.0. The average Bonchev–Trinajstić information content (AvgIpc) is 0.913. The van der Waals surface area contributed by atoms with Crippen molar-refractivity contribution in [3.8, 4) is 0 Å². The first kappa shape index (κ1) is 102. The molecule has 0 aromatic rings. The first-order chi connectivity index (χ1) is 50.4. The summed E-state index contributed by atoms with van der Waals surface area (Å²) in [4.78, 5) is 73.1. The zero-order valence-corrected chi connectivity index (χ0v) is 70.1. The molecule has 104 heavy (non-hydrogen) atoms. The summed E-state index contributed by atoms with van der Waals surface area (Å²) in [7, 11) is -9.92. The molecule has 0 aliphatic carbocycles. The molecule has 3 N–H and O–H groups in total. The van der Waals surface area contributed by atoms with E-state index in [1.165, 1.54) is 270 Å². The van der Waals surface area contributed by atoms with Crippen LogP contribution in [0.25, 0.3) is 0 Å². The van der Waals surface area contributed by atoms with E-state index in [4.69, 9.17) is 37.0 Å². The van der Waals surface area contributed by atoms with E-state index in [-0.39, 0.29) is 25.7 Å². The molecule has 0 bridgehead atoms. The van der Waals surface area contributed by atoms with Gasteiger partial charge in [0.05, 0.1) is 26.4 Å². The van der Waals surface area contributed by atoms with E-state index in [1.807, 2.05) is 0 Å². The molecule has 2 unspecified atom stereocenters. The second-order valence-corrected chi connectivity index (χ2v) is 34.4. The van der Waals surface area contributed by atoms with Crippen LogP contribution < -0.4 is 0 Å². The molecule has 0 rings (SSSR count). The second-order valence-electron chi connectivity index (χ2n) is 31.5. The fourth-order valence-corrected chi connectivity index (χ4v) is 14.8. The van der Waals surface area contributed by atoms with E-state index in [9.17, 15) is 43.2 Å². The highest BCUT2D eigenvalue weighted by Crippen LogP contribution is 2.45. The Balaban J connectivity index is 5.21. The SMILES string of the molecule is CCCCCCCCCCCCCCCCCCCCCCCCC(=O)O[C@H](COC(=O)CCCCCCCCCCCCCCCCCCC(C)C)COP(=O)(O)OC[C@@H](O)COP(=O)(O)OC[C@@H](COC(=O)CCCCCCCCCCCC)OC(=O)CCCCCCCCCCCCC(C)C. The molecule has 0 heterocycles. The Morgan fingerprint density at radius 2 is 0.442 bits per heavy atom. The molecule has 0 aliphatic rings. The number of unbranched alkanes of at least 4 members (excludes halogenated alkanes) is 54. The van der Waals surface area contributed by atoms with Gasteiger partial charge in [-0.2, -0.15) is 0 Å². The van der Waals surface area contributed by atoms with Crippen molar-refractivity contribution in [2.75, 3.05) is 39.6 Å². The number of phosphoric ester groups is 2. The number of aliphatic hydroxyl groups excluding tert-OH is 1. The molecule has 0 saturated carbocycles. The molecule has 0 fully saturated rings. The molecule has 0 radical (unpaired) electrons. The van der Waals surface area contributed by atoms with E-state index >= 15 is 0 Å². The summed E-state index contributed by atoms with van der Waals surface area (Å²) in [6.45, 7) is 9.67. The van der Waals surface area contributed by atoms with Gasteiger partial charge in [0.25, 0.3) is 0 Å². The lowest BCUT2D eigenvalue weighted by Crippen LogP contribution is -2.30. The summed E-state index contributed by atoms with van der Waals surface area (Å²) in [5, 5.41) is 10.7. The predicted molar refractivity (Wildman–Crippen MR) is 428 cm³/mol. The summed E-state index contributed by atoms with van der Waals surface area (Å²) in [5.74, 6) is -0.541. The maximum Gasteiger partial charge on any atom is 0.472 e. The third-order valence-electron chi connectivity index (χ3n) is 20.0. The number of esters is 4. The minimum Gasteiger partial charge on any atom is -0.462 e. The summed E-state index contributed by atoms with van der Waals surface area (Å²) in [5.41, 5.74) is 0. The zero-order valence-electron chi connectivity index (χ0n) is 68.3. The van der Waals surface area contributed by atoms with E-state index in [1.54, 1.807) is 0 Å². The predicted octanol–water partition coefficient (Wildman–Crippen LogP) is 25.8. The highest BCUT2D eigenvalue weighted by atomic mass is 31.2. The summed E-state index contributed by atoms with van der Waals surface area (Å²) in [6, 6.07) is 0. The van der Waals surface area contributed by atoms with Crippen LogP contribution in [0, 0.1) is 11.8 Å². The number of aliphatic hydroxyl groups is 1. The fraction of sp³-hybridized carbons (Fsp3) is 0.953. The quantitative estimate of drug-likeness (QED) is 0.0222. The lowest BCUT2D eigenvalue weighted by molar-refractivity contribution is -0.161.